The average Bonchev–Trinajstić information content (AvgIpc) is 2.56. The molecule has 1 radical (unpaired) electrons. The molecule has 0 amide bonds. The van der Waals surface area contributed by atoms with Crippen LogP contribution in [0.25, 0.3) is 0 Å². The van der Waals surface area contributed by atoms with Gasteiger partial charge < -0.3 is 10.2 Å². The molecule has 2 heteroatoms. The van der Waals surface area contributed by atoms with Crippen molar-refractivity contribution in [3.8, 4) is 0 Å². The van der Waals surface area contributed by atoms with Crippen molar-refractivity contribution < 1.29 is 10.2 Å². The fourth-order valence-electron chi connectivity index (χ4n) is 3.30. The lowest BCUT2D eigenvalue weighted by molar-refractivity contribution is -0.0457. The first-order valence-corrected chi connectivity index (χ1v) is 10.8. The van der Waals surface area contributed by atoms with Crippen LogP contribution in [0.2, 0.25) is 0 Å². The highest BCUT2D eigenvalue weighted by Gasteiger charge is 2.05. The van der Waals surface area contributed by atoms with Crippen LogP contribution in [-0.4, -0.2) is 16.5 Å². The summed E-state index contributed by atoms with van der Waals surface area (Å²) in [6.07, 6.45) is 22.5. The summed E-state index contributed by atoms with van der Waals surface area (Å²) in [4.78, 5) is 0. The fourth-order valence-corrected chi connectivity index (χ4v) is 3.30. The number of unbranched alkanes of at least 4 members (excludes halogenated alkanes) is 14. The lowest BCUT2D eigenvalue weighted by atomic mass is 9.97. The van der Waals surface area contributed by atoms with Gasteiger partial charge in [0, 0.05) is 0 Å². The highest BCUT2D eigenvalue weighted by molar-refractivity contribution is 4.83. The molecule has 0 aromatic carbocycles. The van der Waals surface area contributed by atoms with Gasteiger partial charge in [0.15, 0.2) is 6.29 Å². The van der Waals surface area contributed by atoms with Crippen molar-refractivity contribution in [3.63, 3.8) is 0 Å². The van der Waals surface area contributed by atoms with Gasteiger partial charge in [0.25, 0.3) is 0 Å². The summed E-state index contributed by atoms with van der Waals surface area (Å²) in [6.45, 7) is 4.43. The molecule has 0 heterocycles. The average molecular weight is 342 g/mol. The van der Waals surface area contributed by atoms with E-state index in [9.17, 15) is 0 Å². The summed E-state index contributed by atoms with van der Waals surface area (Å²) in [5, 5.41) is 17.7. The molecule has 0 aliphatic rings. The Kier molecular flexibility index (Phi) is 19.2. The van der Waals surface area contributed by atoms with Gasteiger partial charge in [-0.1, -0.05) is 110 Å². The van der Waals surface area contributed by atoms with E-state index in [2.05, 4.69) is 13.8 Å². The second-order valence-corrected chi connectivity index (χ2v) is 7.68. The molecule has 0 spiro atoms. The van der Waals surface area contributed by atoms with Crippen LogP contribution in [0.15, 0.2) is 0 Å². The molecule has 0 atom stereocenters. The minimum absolute atomic E-state index is 0.491. The zero-order valence-corrected chi connectivity index (χ0v) is 16.7. The Bertz CT molecular complexity index is 228. The smallest absolute Gasteiger partial charge is 0.151 e. The van der Waals surface area contributed by atoms with E-state index in [1.165, 1.54) is 102 Å². The quantitative estimate of drug-likeness (QED) is 0.197. The molecular formula is C22H45O2. The lowest BCUT2D eigenvalue weighted by Gasteiger charge is -2.11. The Morgan fingerprint density at radius 1 is 0.583 bits per heavy atom. The van der Waals surface area contributed by atoms with Gasteiger partial charge in [-0.15, -0.1) is 0 Å². The van der Waals surface area contributed by atoms with E-state index < -0.39 is 6.29 Å². The third-order valence-electron chi connectivity index (χ3n) is 5.04. The number of aliphatic hydroxyl groups is 2. The monoisotopic (exact) mass is 341 g/mol. The largest absolute Gasteiger partial charge is 0.368 e. The zero-order chi connectivity index (χ0) is 17.9. The molecule has 0 unspecified atom stereocenters. The zero-order valence-electron chi connectivity index (χ0n) is 16.7. The van der Waals surface area contributed by atoms with E-state index in [0.717, 1.165) is 12.8 Å². The molecule has 0 fully saturated rings. The molecule has 0 saturated carbocycles. The first kappa shape index (κ1) is 23.9. The highest BCUT2D eigenvalue weighted by Crippen LogP contribution is 2.19. The van der Waals surface area contributed by atoms with Crippen molar-refractivity contribution in [2.45, 2.75) is 136 Å². The molecule has 2 nitrogen and oxygen atoms in total. The van der Waals surface area contributed by atoms with Crippen molar-refractivity contribution in [1.82, 2.24) is 0 Å². The van der Waals surface area contributed by atoms with Crippen molar-refractivity contribution in [2.75, 3.05) is 0 Å². The van der Waals surface area contributed by atoms with E-state index in [0.29, 0.717) is 6.42 Å². The Balaban J connectivity index is 3.07. The number of hydrogen-bond acceptors (Lipinski definition) is 2. The maximum Gasteiger partial charge on any atom is 0.151 e. The second kappa shape index (κ2) is 19.2. The predicted octanol–water partition coefficient (Wildman–Crippen LogP) is 6.93. The molecule has 0 aliphatic carbocycles. The van der Waals surface area contributed by atoms with Crippen molar-refractivity contribution >= 4 is 0 Å². The molecule has 145 valence electrons. The van der Waals surface area contributed by atoms with Crippen molar-refractivity contribution in [3.05, 3.63) is 5.92 Å². The van der Waals surface area contributed by atoms with Crippen LogP contribution in [-0.2, 0) is 0 Å². The predicted molar refractivity (Wildman–Crippen MR) is 106 cm³/mol. The first-order chi connectivity index (χ1) is 11.7. The van der Waals surface area contributed by atoms with Gasteiger partial charge in [-0.3, -0.25) is 0 Å². The molecule has 0 rings (SSSR count). The summed E-state index contributed by atoms with van der Waals surface area (Å²) < 4.78 is 0. The molecule has 0 aromatic heterocycles. The van der Waals surface area contributed by atoms with Crippen LogP contribution < -0.4 is 0 Å². The Morgan fingerprint density at radius 2 is 0.958 bits per heavy atom. The van der Waals surface area contributed by atoms with Gasteiger partial charge in [-0.05, 0) is 25.2 Å². The van der Waals surface area contributed by atoms with E-state index in [-0.39, 0.29) is 0 Å². The van der Waals surface area contributed by atoms with Gasteiger partial charge in [-0.25, -0.2) is 0 Å². The summed E-state index contributed by atoms with van der Waals surface area (Å²) in [6, 6.07) is 0. The molecule has 24 heavy (non-hydrogen) atoms. The molecule has 2 N–H and O–H groups in total. The van der Waals surface area contributed by atoms with Crippen molar-refractivity contribution in [2.24, 2.45) is 0 Å². The third-order valence-corrected chi connectivity index (χ3v) is 5.04. The standard InChI is InChI=1S/C22H45O2/c1-3-4-5-6-7-8-9-10-11-12-13-14-15-16-17-18-21(2)19-20-22(23)24/h22-24H,3-20H2,1-2H3. The minimum atomic E-state index is -1.14. The fraction of sp³-hybridized carbons (Fsp3) is 0.955. The van der Waals surface area contributed by atoms with Gasteiger partial charge in [0.05, 0.1) is 0 Å². The third kappa shape index (κ3) is 20.0. The van der Waals surface area contributed by atoms with Gasteiger partial charge in [0.2, 0.25) is 0 Å². The summed E-state index contributed by atoms with van der Waals surface area (Å²) in [7, 11) is 0. The van der Waals surface area contributed by atoms with E-state index in [4.69, 9.17) is 10.2 Å². The van der Waals surface area contributed by atoms with Gasteiger partial charge in [-0.2, -0.15) is 0 Å². The lowest BCUT2D eigenvalue weighted by Crippen LogP contribution is -2.05. The maximum absolute atomic E-state index is 8.85. The molecular weight excluding hydrogens is 296 g/mol. The Morgan fingerprint density at radius 3 is 1.33 bits per heavy atom. The number of hydrogen-bond donors (Lipinski definition) is 2. The SMILES string of the molecule is CCCCCCCCCCCCCCCCC[C](C)CCC(O)O. The summed E-state index contributed by atoms with van der Waals surface area (Å²) >= 11 is 0. The topological polar surface area (TPSA) is 40.5 Å². The molecule has 0 aromatic rings. The molecule has 0 aliphatic heterocycles. The van der Waals surface area contributed by atoms with Crippen molar-refractivity contribution in [1.29, 1.82) is 0 Å². The number of aliphatic hydroxyl groups excluding tert-OH is 1. The van der Waals surface area contributed by atoms with E-state index in [1.807, 2.05) is 0 Å². The Hall–Kier alpha value is -0.0800. The maximum atomic E-state index is 8.85. The molecule has 0 saturated heterocycles. The van der Waals surface area contributed by atoms with Gasteiger partial charge >= 0.3 is 0 Å². The van der Waals surface area contributed by atoms with Crippen LogP contribution in [0.3, 0.4) is 0 Å². The summed E-state index contributed by atoms with van der Waals surface area (Å²) in [5.41, 5.74) is 0. The Labute approximate surface area is 152 Å². The normalized spacial score (nSPS) is 11.8. The number of rotatable bonds is 19. The highest BCUT2D eigenvalue weighted by atomic mass is 16.5. The molecule has 0 bridgehead atoms. The first-order valence-electron chi connectivity index (χ1n) is 10.8. The van der Waals surface area contributed by atoms with Gasteiger partial charge in [0.1, 0.15) is 0 Å². The van der Waals surface area contributed by atoms with Crippen LogP contribution in [0.1, 0.15) is 129 Å². The van der Waals surface area contributed by atoms with Crippen LogP contribution in [0, 0.1) is 5.92 Å². The minimum Gasteiger partial charge on any atom is -0.368 e. The van der Waals surface area contributed by atoms with Crippen LogP contribution >= 0.6 is 0 Å². The van der Waals surface area contributed by atoms with E-state index in [1.54, 1.807) is 0 Å². The van der Waals surface area contributed by atoms with E-state index >= 15 is 0 Å². The van der Waals surface area contributed by atoms with Crippen LogP contribution in [0.4, 0.5) is 0 Å². The van der Waals surface area contributed by atoms with Crippen LogP contribution in [0.5, 0.6) is 0 Å². The summed E-state index contributed by atoms with van der Waals surface area (Å²) in [5.74, 6) is 1.41. The second-order valence-electron chi connectivity index (χ2n) is 7.68.